The summed E-state index contributed by atoms with van der Waals surface area (Å²) in [6.07, 6.45) is -4.26. The van der Waals surface area contributed by atoms with Crippen molar-refractivity contribution in [1.29, 1.82) is 0 Å². The molecule has 0 unspecified atom stereocenters. The number of hydrogen-bond donors (Lipinski definition) is 0. The van der Waals surface area contributed by atoms with E-state index in [4.69, 9.17) is 9.31 Å². The molecule has 1 aromatic rings. The van der Waals surface area contributed by atoms with Gasteiger partial charge >= 0.3 is 13.3 Å². The number of carbonyl (C=O) groups is 1. The van der Waals surface area contributed by atoms with Crippen LogP contribution in [0, 0.1) is 5.92 Å². The molecule has 8 heteroatoms. The highest BCUT2D eigenvalue weighted by molar-refractivity contribution is 6.62. The van der Waals surface area contributed by atoms with Crippen LogP contribution >= 0.6 is 0 Å². The minimum atomic E-state index is -4.18. The number of piperidine rings is 1. The summed E-state index contributed by atoms with van der Waals surface area (Å²) in [7, 11) is -0.512. The molecule has 3 rings (SSSR count). The van der Waals surface area contributed by atoms with Crippen molar-refractivity contribution in [3.8, 4) is 0 Å². The van der Waals surface area contributed by atoms with Gasteiger partial charge in [-0.25, -0.2) is 0 Å². The quantitative estimate of drug-likeness (QED) is 0.735. The summed E-state index contributed by atoms with van der Waals surface area (Å²) in [5.74, 6) is -1.55. The highest BCUT2D eigenvalue weighted by atomic mass is 19.4. The Labute approximate surface area is 158 Å². The van der Waals surface area contributed by atoms with Gasteiger partial charge in [-0.1, -0.05) is 12.1 Å². The molecular formula is C19H25BF3NO3. The number of hydrogen-bond acceptors (Lipinski definition) is 3. The van der Waals surface area contributed by atoms with Gasteiger partial charge in [0.1, 0.15) is 0 Å². The van der Waals surface area contributed by atoms with Gasteiger partial charge in [0.2, 0.25) is 0 Å². The van der Waals surface area contributed by atoms with Gasteiger partial charge in [0.05, 0.1) is 17.1 Å². The standard InChI is InChI=1S/C19H25BF3NO3/c1-17(2)18(3,4)27-20(26-17)15-7-5-13(6-8-15)16(25)24-11-9-14(10-12-24)19(21,22)23/h5-8,14H,9-12H2,1-4H3. The van der Waals surface area contributed by atoms with Gasteiger partial charge in [0.15, 0.2) is 0 Å². The Bertz CT molecular complexity index is 679. The molecule has 0 atom stereocenters. The van der Waals surface area contributed by atoms with Crippen molar-refractivity contribution in [3.63, 3.8) is 0 Å². The Morgan fingerprint density at radius 3 is 1.96 bits per heavy atom. The molecule has 4 nitrogen and oxygen atoms in total. The van der Waals surface area contributed by atoms with E-state index in [1.807, 2.05) is 27.7 Å². The maximum atomic E-state index is 12.8. The molecule has 2 fully saturated rings. The van der Waals surface area contributed by atoms with Gasteiger partial charge in [-0.3, -0.25) is 4.79 Å². The molecular weight excluding hydrogens is 358 g/mol. The predicted octanol–water partition coefficient (Wildman–Crippen LogP) is 3.40. The lowest BCUT2D eigenvalue weighted by Crippen LogP contribution is -2.42. The van der Waals surface area contributed by atoms with E-state index in [0.717, 1.165) is 5.46 Å². The van der Waals surface area contributed by atoms with Crippen LogP contribution in [-0.4, -0.2) is 48.4 Å². The average Bonchev–Trinajstić information content (AvgIpc) is 2.81. The molecule has 0 bridgehead atoms. The van der Waals surface area contributed by atoms with Crippen LogP contribution in [0.2, 0.25) is 0 Å². The molecule has 0 saturated carbocycles. The van der Waals surface area contributed by atoms with Gasteiger partial charge < -0.3 is 14.2 Å². The van der Waals surface area contributed by atoms with Crippen molar-refractivity contribution in [1.82, 2.24) is 4.90 Å². The van der Waals surface area contributed by atoms with Crippen LogP contribution in [0.3, 0.4) is 0 Å². The third-order valence-corrected chi connectivity index (χ3v) is 5.93. The van der Waals surface area contributed by atoms with E-state index in [-0.39, 0.29) is 31.8 Å². The third-order valence-electron chi connectivity index (χ3n) is 5.93. The number of amides is 1. The third kappa shape index (κ3) is 4.01. The fraction of sp³-hybridized carbons (Fsp3) is 0.632. The summed E-state index contributed by atoms with van der Waals surface area (Å²) < 4.78 is 50.3. The van der Waals surface area contributed by atoms with Crippen LogP contribution in [0.5, 0.6) is 0 Å². The lowest BCUT2D eigenvalue weighted by molar-refractivity contribution is -0.183. The summed E-state index contributed by atoms with van der Waals surface area (Å²) in [5.41, 5.74) is 0.367. The molecule has 2 saturated heterocycles. The largest absolute Gasteiger partial charge is 0.494 e. The second-order valence-electron chi connectivity index (χ2n) is 8.32. The van der Waals surface area contributed by atoms with Gasteiger partial charge in [-0.2, -0.15) is 13.2 Å². The Morgan fingerprint density at radius 2 is 1.52 bits per heavy atom. The number of rotatable bonds is 2. The number of halogens is 3. The number of likely N-dealkylation sites (tertiary alicyclic amines) is 1. The lowest BCUT2D eigenvalue weighted by Gasteiger charge is -2.33. The number of alkyl halides is 3. The molecule has 27 heavy (non-hydrogen) atoms. The van der Waals surface area contributed by atoms with Crippen LogP contribution in [0.1, 0.15) is 50.9 Å². The molecule has 0 radical (unpaired) electrons. The minimum Gasteiger partial charge on any atom is -0.399 e. The molecule has 2 aliphatic rings. The summed E-state index contributed by atoms with van der Waals surface area (Å²) in [4.78, 5) is 14.1. The van der Waals surface area contributed by atoms with Crippen LogP contribution < -0.4 is 5.46 Å². The SMILES string of the molecule is CC1(C)OB(c2ccc(C(=O)N3CCC(C(F)(F)F)CC3)cc2)OC1(C)C. The van der Waals surface area contributed by atoms with Crippen molar-refractivity contribution < 1.29 is 27.3 Å². The van der Waals surface area contributed by atoms with E-state index >= 15 is 0 Å². The zero-order valence-corrected chi connectivity index (χ0v) is 16.1. The van der Waals surface area contributed by atoms with Gasteiger partial charge in [-0.15, -0.1) is 0 Å². The van der Waals surface area contributed by atoms with Crippen LogP contribution in [0.4, 0.5) is 13.2 Å². The highest BCUT2D eigenvalue weighted by Gasteiger charge is 2.51. The zero-order valence-electron chi connectivity index (χ0n) is 16.1. The first-order valence-corrected chi connectivity index (χ1v) is 9.22. The Morgan fingerprint density at radius 1 is 1.04 bits per heavy atom. The second kappa shape index (κ2) is 6.81. The van der Waals surface area contributed by atoms with E-state index in [2.05, 4.69) is 0 Å². The first-order valence-electron chi connectivity index (χ1n) is 9.22. The molecule has 148 valence electrons. The van der Waals surface area contributed by atoms with E-state index < -0.39 is 30.4 Å². The molecule has 0 aliphatic carbocycles. The van der Waals surface area contributed by atoms with E-state index in [0.29, 0.717) is 5.56 Å². The zero-order chi connectivity index (χ0) is 20.0. The number of nitrogens with zero attached hydrogens (tertiary/aromatic N) is 1. The second-order valence-corrected chi connectivity index (χ2v) is 8.32. The highest BCUT2D eigenvalue weighted by Crippen LogP contribution is 2.37. The van der Waals surface area contributed by atoms with Crippen LogP contribution in [0.15, 0.2) is 24.3 Å². The first kappa shape index (κ1) is 20.2. The van der Waals surface area contributed by atoms with Gasteiger partial charge in [0.25, 0.3) is 5.91 Å². The maximum absolute atomic E-state index is 12.8. The lowest BCUT2D eigenvalue weighted by atomic mass is 9.79. The van der Waals surface area contributed by atoms with Crippen LogP contribution in [0.25, 0.3) is 0 Å². The Balaban J connectivity index is 1.64. The molecule has 2 aliphatic heterocycles. The number of carbonyl (C=O) groups excluding carboxylic acids is 1. The van der Waals surface area contributed by atoms with Gasteiger partial charge in [-0.05, 0) is 58.1 Å². The van der Waals surface area contributed by atoms with E-state index in [9.17, 15) is 18.0 Å². The Kier molecular flexibility index (Phi) is 5.10. The summed E-state index contributed by atoms with van der Waals surface area (Å²) in [6.45, 7) is 8.12. The molecule has 2 heterocycles. The topological polar surface area (TPSA) is 38.8 Å². The predicted molar refractivity (Wildman–Crippen MR) is 96.8 cm³/mol. The van der Waals surface area contributed by atoms with Crippen molar-refractivity contribution >= 4 is 18.5 Å². The first-order chi connectivity index (χ1) is 12.4. The Hall–Kier alpha value is -1.54. The molecule has 0 aromatic heterocycles. The van der Waals surface area contributed by atoms with Gasteiger partial charge in [0, 0.05) is 18.7 Å². The monoisotopic (exact) mass is 383 g/mol. The fourth-order valence-corrected chi connectivity index (χ4v) is 3.35. The van der Waals surface area contributed by atoms with Crippen molar-refractivity contribution in [2.75, 3.05) is 13.1 Å². The minimum absolute atomic E-state index is 0.0404. The molecule has 0 spiro atoms. The van der Waals surface area contributed by atoms with Crippen molar-refractivity contribution in [2.24, 2.45) is 5.92 Å². The number of benzene rings is 1. The molecule has 0 N–H and O–H groups in total. The van der Waals surface area contributed by atoms with Crippen LogP contribution in [-0.2, 0) is 9.31 Å². The van der Waals surface area contributed by atoms with Crippen molar-refractivity contribution in [2.45, 2.75) is 57.9 Å². The summed E-state index contributed by atoms with van der Waals surface area (Å²) in [6, 6.07) is 6.91. The molecule has 1 amide bonds. The summed E-state index contributed by atoms with van der Waals surface area (Å²) >= 11 is 0. The fourth-order valence-electron chi connectivity index (χ4n) is 3.35. The maximum Gasteiger partial charge on any atom is 0.494 e. The van der Waals surface area contributed by atoms with Crippen molar-refractivity contribution in [3.05, 3.63) is 29.8 Å². The normalized spacial score (nSPS) is 22.9. The van der Waals surface area contributed by atoms with E-state index in [1.165, 1.54) is 4.90 Å². The van der Waals surface area contributed by atoms with E-state index in [1.54, 1.807) is 24.3 Å². The molecule has 1 aromatic carbocycles. The summed E-state index contributed by atoms with van der Waals surface area (Å²) in [5, 5.41) is 0. The smallest absolute Gasteiger partial charge is 0.399 e. The average molecular weight is 383 g/mol.